The lowest BCUT2D eigenvalue weighted by Gasteiger charge is -2.24. The summed E-state index contributed by atoms with van der Waals surface area (Å²) in [7, 11) is 0. The van der Waals surface area contributed by atoms with Crippen LogP contribution in [0.4, 0.5) is 5.69 Å². The van der Waals surface area contributed by atoms with Crippen molar-refractivity contribution < 1.29 is 24.2 Å². The molecular formula is C32H26N2O5. The Morgan fingerprint density at radius 1 is 1.03 bits per heavy atom. The second-order valence-electron chi connectivity index (χ2n) is 9.45. The van der Waals surface area contributed by atoms with E-state index in [0.29, 0.717) is 29.0 Å². The van der Waals surface area contributed by atoms with Gasteiger partial charge in [-0.1, -0.05) is 42.0 Å². The molecule has 1 amide bonds. The summed E-state index contributed by atoms with van der Waals surface area (Å²) >= 11 is 0. The molecule has 7 nitrogen and oxygen atoms in total. The molecule has 5 rings (SSSR count). The average molecular weight is 519 g/mol. The Bertz CT molecular complexity index is 1620. The van der Waals surface area contributed by atoms with Crippen molar-refractivity contribution in [2.45, 2.75) is 26.2 Å². The van der Waals surface area contributed by atoms with E-state index in [1.807, 2.05) is 44.2 Å². The molecule has 1 heterocycles. The second-order valence-corrected chi connectivity index (χ2v) is 9.45. The quantitative estimate of drug-likeness (QED) is 0.289. The number of nitrogens with one attached hydrogen (secondary N) is 1. The minimum absolute atomic E-state index is 0.205. The van der Waals surface area contributed by atoms with Crippen LogP contribution >= 0.6 is 0 Å². The summed E-state index contributed by atoms with van der Waals surface area (Å²) in [6.07, 6.45) is 0.340. The molecule has 39 heavy (non-hydrogen) atoms. The van der Waals surface area contributed by atoms with E-state index >= 15 is 0 Å². The molecule has 194 valence electrons. The van der Waals surface area contributed by atoms with E-state index in [-0.39, 0.29) is 23.8 Å². The zero-order chi connectivity index (χ0) is 27.5. The van der Waals surface area contributed by atoms with Crippen LogP contribution in [0, 0.1) is 25.2 Å². The molecule has 0 aliphatic carbocycles. The number of rotatable bonds is 6. The van der Waals surface area contributed by atoms with E-state index in [0.717, 1.165) is 27.9 Å². The maximum Gasteiger partial charge on any atom is 0.311 e. The standard InChI is InChI=1S/C32H26N2O5/c1-19-5-3-6-22(15-19)25-7-4-8-28(20(25)2)34-31(35)21-9-11-24(12-10-21)39-29-17-30-27(16-23(29)18-33)26(32(36)37)13-14-38-30/h3-12,15-17,26H,13-14H2,1-2H3,(H,34,35)(H,36,37). The number of nitrogens with zero attached hydrogens (tertiary/aromatic N) is 1. The van der Waals surface area contributed by atoms with Crippen molar-refractivity contribution in [3.8, 4) is 34.4 Å². The highest BCUT2D eigenvalue weighted by molar-refractivity contribution is 6.05. The largest absolute Gasteiger partial charge is 0.493 e. The lowest BCUT2D eigenvalue weighted by Crippen LogP contribution is -2.21. The molecule has 1 unspecified atom stereocenters. The monoisotopic (exact) mass is 518 g/mol. The first kappa shape index (κ1) is 25.6. The van der Waals surface area contributed by atoms with Gasteiger partial charge in [-0.3, -0.25) is 9.59 Å². The van der Waals surface area contributed by atoms with Gasteiger partial charge in [-0.15, -0.1) is 0 Å². The highest BCUT2D eigenvalue weighted by Crippen LogP contribution is 2.40. The molecule has 0 spiro atoms. The van der Waals surface area contributed by atoms with Gasteiger partial charge in [-0.2, -0.15) is 5.26 Å². The van der Waals surface area contributed by atoms with Crippen molar-refractivity contribution in [1.29, 1.82) is 5.26 Å². The fourth-order valence-electron chi connectivity index (χ4n) is 4.74. The van der Waals surface area contributed by atoms with E-state index in [9.17, 15) is 20.0 Å². The van der Waals surface area contributed by atoms with Gasteiger partial charge in [0.05, 0.1) is 18.1 Å². The van der Waals surface area contributed by atoms with Crippen LogP contribution in [-0.4, -0.2) is 23.6 Å². The first-order chi connectivity index (χ1) is 18.8. The molecular weight excluding hydrogens is 492 g/mol. The molecule has 0 fully saturated rings. The average Bonchev–Trinajstić information content (AvgIpc) is 2.93. The SMILES string of the molecule is Cc1cccc(-c2cccc(NC(=O)c3ccc(Oc4cc5c(cc4C#N)C(C(=O)O)CCO5)cc3)c2C)c1. The number of carbonyl (C=O) groups excluding carboxylic acids is 1. The van der Waals surface area contributed by atoms with Crippen molar-refractivity contribution in [2.24, 2.45) is 0 Å². The third kappa shape index (κ3) is 5.32. The van der Waals surface area contributed by atoms with Crippen LogP contribution in [-0.2, 0) is 4.79 Å². The Morgan fingerprint density at radius 3 is 2.51 bits per heavy atom. The number of fused-ring (bicyclic) bond motifs is 1. The number of ether oxygens (including phenoxy) is 2. The zero-order valence-corrected chi connectivity index (χ0v) is 21.5. The fraction of sp³-hybridized carbons (Fsp3) is 0.156. The van der Waals surface area contributed by atoms with Gasteiger partial charge in [-0.05, 0) is 73.4 Å². The van der Waals surface area contributed by atoms with Gasteiger partial charge in [0.1, 0.15) is 23.3 Å². The molecule has 1 aliphatic rings. The predicted octanol–water partition coefficient (Wildman–Crippen LogP) is 6.84. The number of anilines is 1. The number of hydrogen-bond donors (Lipinski definition) is 2. The van der Waals surface area contributed by atoms with Gasteiger partial charge in [0.15, 0.2) is 0 Å². The Hall–Kier alpha value is -5.09. The molecule has 4 aromatic rings. The van der Waals surface area contributed by atoms with E-state index in [1.54, 1.807) is 30.3 Å². The van der Waals surface area contributed by atoms with Crippen molar-refractivity contribution >= 4 is 17.6 Å². The Kier molecular flexibility index (Phi) is 7.02. The third-order valence-corrected chi connectivity index (χ3v) is 6.83. The number of carbonyl (C=O) groups is 2. The lowest BCUT2D eigenvalue weighted by atomic mass is 9.91. The number of benzene rings is 4. The number of aliphatic carboxylic acids is 1. The number of amides is 1. The van der Waals surface area contributed by atoms with Crippen LogP contribution in [0.1, 0.15) is 45.0 Å². The van der Waals surface area contributed by atoms with Crippen LogP contribution in [0.3, 0.4) is 0 Å². The predicted molar refractivity (Wildman–Crippen MR) is 147 cm³/mol. The molecule has 2 N–H and O–H groups in total. The number of hydrogen-bond acceptors (Lipinski definition) is 5. The molecule has 0 radical (unpaired) electrons. The second kappa shape index (κ2) is 10.7. The Balaban J connectivity index is 1.33. The molecule has 4 aromatic carbocycles. The first-order valence-electron chi connectivity index (χ1n) is 12.5. The van der Waals surface area contributed by atoms with E-state index in [1.165, 1.54) is 6.07 Å². The summed E-state index contributed by atoms with van der Waals surface area (Å²) in [5, 5.41) is 22.1. The highest BCUT2D eigenvalue weighted by Gasteiger charge is 2.29. The van der Waals surface area contributed by atoms with Crippen molar-refractivity contribution in [3.63, 3.8) is 0 Å². The molecule has 0 saturated carbocycles. The van der Waals surface area contributed by atoms with Gasteiger partial charge in [0, 0.05) is 22.9 Å². The van der Waals surface area contributed by atoms with E-state index < -0.39 is 11.9 Å². The molecule has 7 heteroatoms. The smallest absolute Gasteiger partial charge is 0.311 e. The number of carboxylic acids is 1. The molecule has 0 bridgehead atoms. The zero-order valence-electron chi connectivity index (χ0n) is 21.5. The van der Waals surface area contributed by atoms with Crippen molar-refractivity contribution in [1.82, 2.24) is 0 Å². The van der Waals surface area contributed by atoms with Crippen LogP contribution in [0.25, 0.3) is 11.1 Å². The number of aryl methyl sites for hydroxylation is 1. The van der Waals surface area contributed by atoms with Crippen molar-refractivity contribution in [2.75, 3.05) is 11.9 Å². The van der Waals surface area contributed by atoms with Gasteiger partial charge in [0.25, 0.3) is 5.91 Å². The van der Waals surface area contributed by atoms with Gasteiger partial charge in [0.2, 0.25) is 0 Å². The van der Waals surface area contributed by atoms with Gasteiger partial charge >= 0.3 is 5.97 Å². The Morgan fingerprint density at radius 2 is 1.79 bits per heavy atom. The topological polar surface area (TPSA) is 109 Å². The molecule has 0 saturated heterocycles. The Labute approximate surface area is 226 Å². The minimum atomic E-state index is -0.956. The van der Waals surface area contributed by atoms with Crippen LogP contribution < -0.4 is 14.8 Å². The highest BCUT2D eigenvalue weighted by atomic mass is 16.5. The molecule has 1 aliphatic heterocycles. The fourth-order valence-corrected chi connectivity index (χ4v) is 4.74. The minimum Gasteiger partial charge on any atom is -0.493 e. The normalized spacial score (nSPS) is 13.9. The van der Waals surface area contributed by atoms with Crippen molar-refractivity contribution in [3.05, 3.63) is 107 Å². The summed E-state index contributed by atoms with van der Waals surface area (Å²) in [5.74, 6) is -0.876. The molecule has 0 aromatic heterocycles. The summed E-state index contributed by atoms with van der Waals surface area (Å²) in [4.78, 5) is 24.6. The van der Waals surface area contributed by atoms with Crippen LogP contribution in [0.5, 0.6) is 17.2 Å². The summed E-state index contributed by atoms with van der Waals surface area (Å²) in [5.41, 5.74) is 6.12. The van der Waals surface area contributed by atoms with Crippen LogP contribution in [0.15, 0.2) is 78.9 Å². The first-order valence-corrected chi connectivity index (χ1v) is 12.5. The van der Waals surface area contributed by atoms with E-state index in [4.69, 9.17) is 9.47 Å². The summed E-state index contributed by atoms with van der Waals surface area (Å²) in [6.45, 7) is 4.30. The summed E-state index contributed by atoms with van der Waals surface area (Å²) in [6, 6.07) is 25.8. The number of carboxylic acid groups (broad SMARTS) is 1. The summed E-state index contributed by atoms with van der Waals surface area (Å²) < 4.78 is 11.6. The maximum atomic E-state index is 13.0. The van der Waals surface area contributed by atoms with Crippen LogP contribution in [0.2, 0.25) is 0 Å². The van der Waals surface area contributed by atoms with E-state index in [2.05, 4.69) is 23.5 Å². The van der Waals surface area contributed by atoms with Gasteiger partial charge in [-0.25, -0.2) is 0 Å². The lowest BCUT2D eigenvalue weighted by molar-refractivity contribution is -0.139. The maximum absolute atomic E-state index is 13.0. The van der Waals surface area contributed by atoms with Gasteiger partial charge < -0.3 is 19.9 Å². The number of nitriles is 1. The third-order valence-electron chi connectivity index (χ3n) is 6.83. The molecule has 1 atom stereocenters.